The Labute approximate surface area is 175 Å². The van der Waals surface area contributed by atoms with Crippen LogP contribution in [0.15, 0.2) is 24.3 Å². The van der Waals surface area contributed by atoms with Gasteiger partial charge in [-0.25, -0.2) is 4.79 Å². The van der Waals surface area contributed by atoms with Crippen molar-refractivity contribution in [3.8, 4) is 11.5 Å². The number of nitrogens with one attached hydrogen (secondary N) is 1. The van der Waals surface area contributed by atoms with Crippen LogP contribution in [-0.4, -0.2) is 31.7 Å². The third-order valence-corrected chi connectivity index (χ3v) is 5.20. The first kappa shape index (κ1) is 22.5. The second-order valence-electron chi connectivity index (χ2n) is 6.61. The molecule has 0 saturated carbocycles. The van der Waals surface area contributed by atoms with Gasteiger partial charge in [-0.1, -0.05) is 6.07 Å². The molecular formula is C22H27NO5S. The van der Waals surface area contributed by atoms with Gasteiger partial charge in [0.1, 0.15) is 5.00 Å². The van der Waals surface area contributed by atoms with Crippen molar-refractivity contribution in [3.63, 3.8) is 0 Å². The van der Waals surface area contributed by atoms with Crippen LogP contribution in [0.4, 0.5) is 5.00 Å². The average Bonchev–Trinajstić information content (AvgIpc) is 2.94. The number of anilines is 1. The second-order valence-corrected chi connectivity index (χ2v) is 7.83. The highest BCUT2D eigenvalue weighted by Crippen LogP contribution is 2.33. The third-order valence-electron chi connectivity index (χ3n) is 4.08. The standard InChI is InChI=1S/C22H27NO5S/c1-7-27-22(25)20-14(4)15(5)29-21(20)23-19(24)11-9-16-8-10-17(28-13(2)3)18(12-16)26-6/h8-13H,7H2,1-6H3,(H,23,24)/b11-9+. The molecule has 156 valence electrons. The number of aryl methyl sites for hydroxylation is 1. The van der Waals surface area contributed by atoms with E-state index in [9.17, 15) is 9.59 Å². The summed E-state index contributed by atoms with van der Waals surface area (Å²) >= 11 is 1.36. The zero-order valence-electron chi connectivity index (χ0n) is 17.6. The minimum atomic E-state index is -0.431. The maximum absolute atomic E-state index is 12.4. The van der Waals surface area contributed by atoms with Gasteiger partial charge in [-0.15, -0.1) is 11.3 Å². The number of esters is 1. The fraction of sp³-hybridized carbons (Fsp3) is 0.364. The number of thiophene rings is 1. The largest absolute Gasteiger partial charge is 0.493 e. The van der Waals surface area contributed by atoms with Crippen molar-refractivity contribution in [3.05, 3.63) is 45.8 Å². The Bertz CT molecular complexity index is 914. The number of hydrogen-bond donors (Lipinski definition) is 1. The van der Waals surface area contributed by atoms with Crippen LogP contribution in [0, 0.1) is 13.8 Å². The van der Waals surface area contributed by atoms with Crippen molar-refractivity contribution in [2.75, 3.05) is 19.0 Å². The Hall–Kier alpha value is -2.80. The molecule has 1 amide bonds. The molecule has 1 N–H and O–H groups in total. The molecule has 0 saturated heterocycles. The molecule has 2 aromatic rings. The number of amides is 1. The van der Waals surface area contributed by atoms with Crippen LogP contribution < -0.4 is 14.8 Å². The molecule has 1 aromatic heterocycles. The molecule has 0 radical (unpaired) electrons. The highest BCUT2D eigenvalue weighted by molar-refractivity contribution is 7.16. The van der Waals surface area contributed by atoms with Gasteiger partial charge in [0, 0.05) is 11.0 Å². The Morgan fingerprint density at radius 2 is 1.93 bits per heavy atom. The summed E-state index contributed by atoms with van der Waals surface area (Å²) in [5.74, 6) is 0.473. The van der Waals surface area contributed by atoms with Crippen molar-refractivity contribution in [1.29, 1.82) is 0 Å². The Balaban J connectivity index is 2.16. The maximum atomic E-state index is 12.4. The van der Waals surface area contributed by atoms with Crippen LogP contribution >= 0.6 is 11.3 Å². The first-order chi connectivity index (χ1) is 13.8. The fourth-order valence-electron chi connectivity index (χ4n) is 2.63. The predicted molar refractivity (Wildman–Crippen MR) is 116 cm³/mol. The zero-order chi connectivity index (χ0) is 21.6. The van der Waals surface area contributed by atoms with E-state index in [1.165, 1.54) is 17.4 Å². The molecule has 0 fully saturated rings. The number of methoxy groups -OCH3 is 1. The summed E-state index contributed by atoms with van der Waals surface area (Å²) in [6.07, 6.45) is 3.12. The quantitative estimate of drug-likeness (QED) is 0.484. The molecule has 0 atom stereocenters. The van der Waals surface area contributed by atoms with Gasteiger partial charge in [0.2, 0.25) is 5.91 Å². The third kappa shape index (κ3) is 5.84. The summed E-state index contributed by atoms with van der Waals surface area (Å²) < 4.78 is 16.2. The highest BCUT2D eigenvalue weighted by Gasteiger charge is 2.21. The van der Waals surface area contributed by atoms with Gasteiger partial charge in [0.15, 0.2) is 11.5 Å². The van der Waals surface area contributed by atoms with Crippen LogP contribution in [0.2, 0.25) is 0 Å². The van der Waals surface area contributed by atoms with Gasteiger partial charge < -0.3 is 19.5 Å². The summed E-state index contributed by atoms with van der Waals surface area (Å²) in [4.78, 5) is 25.6. The summed E-state index contributed by atoms with van der Waals surface area (Å²) in [7, 11) is 1.57. The first-order valence-electron chi connectivity index (χ1n) is 9.37. The van der Waals surface area contributed by atoms with E-state index in [2.05, 4.69) is 5.32 Å². The Kier molecular flexibility index (Phi) is 7.84. The van der Waals surface area contributed by atoms with Crippen LogP contribution in [0.5, 0.6) is 11.5 Å². The highest BCUT2D eigenvalue weighted by atomic mass is 32.1. The van der Waals surface area contributed by atoms with E-state index in [0.29, 0.717) is 22.1 Å². The molecule has 2 rings (SSSR count). The first-order valence-corrected chi connectivity index (χ1v) is 10.2. The van der Waals surface area contributed by atoms with Crippen molar-refractivity contribution in [2.24, 2.45) is 0 Å². The monoisotopic (exact) mass is 417 g/mol. The van der Waals surface area contributed by atoms with Crippen LogP contribution in [0.1, 0.15) is 47.1 Å². The van der Waals surface area contributed by atoms with Gasteiger partial charge in [-0.05, 0) is 64.0 Å². The van der Waals surface area contributed by atoms with Crippen molar-refractivity contribution in [2.45, 2.75) is 40.7 Å². The van der Waals surface area contributed by atoms with E-state index in [0.717, 1.165) is 16.0 Å². The fourth-order valence-corrected chi connectivity index (χ4v) is 3.68. The lowest BCUT2D eigenvalue weighted by Gasteiger charge is -2.13. The molecular weight excluding hydrogens is 390 g/mol. The SMILES string of the molecule is CCOC(=O)c1c(NC(=O)/C=C/c2ccc(OC(C)C)c(OC)c2)sc(C)c1C. The summed E-state index contributed by atoms with van der Waals surface area (Å²) in [6, 6.07) is 5.44. The molecule has 0 aliphatic rings. The molecule has 0 aliphatic heterocycles. The van der Waals surface area contributed by atoms with E-state index >= 15 is 0 Å². The van der Waals surface area contributed by atoms with E-state index in [-0.39, 0.29) is 18.6 Å². The van der Waals surface area contributed by atoms with Gasteiger partial charge in [0.25, 0.3) is 0 Å². The number of rotatable bonds is 8. The van der Waals surface area contributed by atoms with Crippen molar-refractivity contribution >= 4 is 34.3 Å². The average molecular weight is 418 g/mol. The summed E-state index contributed by atoms with van der Waals surface area (Å²) in [5, 5.41) is 3.28. The zero-order valence-corrected chi connectivity index (χ0v) is 18.4. The smallest absolute Gasteiger partial charge is 0.341 e. The second kappa shape index (κ2) is 10.1. The molecule has 1 aromatic carbocycles. The molecule has 0 spiro atoms. The lowest BCUT2D eigenvalue weighted by Crippen LogP contribution is -2.12. The van der Waals surface area contributed by atoms with E-state index in [1.807, 2.05) is 33.8 Å². The van der Waals surface area contributed by atoms with Gasteiger partial charge >= 0.3 is 5.97 Å². The molecule has 0 aliphatic carbocycles. The van der Waals surface area contributed by atoms with E-state index < -0.39 is 5.97 Å². The minimum Gasteiger partial charge on any atom is -0.493 e. The topological polar surface area (TPSA) is 73.9 Å². The van der Waals surface area contributed by atoms with Crippen molar-refractivity contribution < 1.29 is 23.8 Å². The van der Waals surface area contributed by atoms with Gasteiger partial charge in [-0.2, -0.15) is 0 Å². The number of carbonyl (C=O) groups is 2. The minimum absolute atomic E-state index is 0.0300. The molecule has 1 heterocycles. The number of carbonyl (C=O) groups excluding carboxylic acids is 2. The van der Waals surface area contributed by atoms with Gasteiger partial charge in [-0.3, -0.25) is 4.79 Å². The number of ether oxygens (including phenoxy) is 3. The van der Waals surface area contributed by atoms with E-state index in [1.54, 1.807) is 32.2 Å². The number of hydrogen-bond acceptors (Lipinski definition) is 6. The number of benzene rings is 1. The molecule has 6 nitrogen and oxygen atoms in total. The van der Waals surface area contributed by atoms with Crippen molar-refractivity contribution in [1.82, 2.24) is 0 Å². The van der Waals surface area contributed by atoms with Gasteiger partial charge in [0.05, 0.1) is 25.4 Å². The lowest BCUT2D eigenvalue weighted by atomic mass is 10.1. The van der Waals surface area contributed by atoms with Crippen LogP contribution in [0.25, 0.3) is 6.08 Å². The lowest BCUT2D eigenvalue weighted by molar-refractivity contribution is -0.111. The molecule has 7 heteroatoms. The Morgan fingerprint density at radius 3 is 2.55 bits per heavy atom. The van der Waals surface area contributed by atoms with Crippen LogP contribution in [-0.2, 0) is 9.53 Å². The predicted octanol–water partition coefficient (Wildman–Crippen LogP) is 4.99. The maximum Gasteiger partial charge on any atom is 0.341 e. The summed E-state index contributed by atoms with van der Waals surface area (Å²) in [5.41, 5.74) is 2.02. The summed E-state index contributed by atoms with van der Waals surface area (Å²) in [6.45, 7) is 9.65. The van der Waals surface area contributed by atoms with E-state index in [4.69, 9.17) is 14.2 Å². The normalized spacial score (nSPS) is 11.0. The molecule has 0 bridgehead atoms. The van der Waals surface area contributed by atoms with Crippen LogP contribution in [0.3, 0.4) is 0 Å². The molecule has 29 heavy (non-hydrogen) atoms. The Morgan fingerprint density at radius 1 is 1.21 bits per heavy atom. The molecule has 0 unspecified atom stereocenters.